The maximum Gasteiger partial charge on any atom is 0.252 e. The van der Waals surface area contributed by atoms with E-state index < -0.39 is 10.0 Å². The average molecular weight is 390 g/mol. The topological polar surface area (TPSA) is 55.2 Å². The molecular weight excluding hydrogens is 374 g/mol. The van der Waals surface area contributed by atoms with E-state index in [-0.39, 0.29) is 0 Å². The minimum absolute atomic E-state index is 0.329. The van der Waals surface area contributed by atoms with Crippen molar-refractivity contribution in [1.82, 2.24) is 13.9 Å². The predicted octanol–water partition coefficient (Wildman–Crippen LogP) is 2.59. The number of sulfonamides is 1. The summed E-state index contributed by atoms with van der Waals surface area (Å²) in [7, 11) is -1.73. The van der Waals surface area contributed by atoms with Crippen molar-refractivity contribution >= 4 is 37.3 Å². The first-order valence-electron chi connectivity index (χ1n) is 6.68. The van der Waals surface area contributed by atoms with Crippen molar-refractivity contribution in [1.29, 1.82) is 0 Å². The summed E-state index contributed by atoms with van der Waals surface area (Å²) in [5.74, 6) is 1.42. The van der Waals surface area contributed by atoms with E-state index in [1.54, 1.807) is 25.4 Å². The molecule has 0 spiro atoms. The van der Waals surface area contributed by atoms with E-state index in [2.05, 4.69) is 25.5 Å². The van der Waals surface area contributed by atoms with Gasteiger partial charge in [0, 0.05) is 39.0 Å². The molecule has 1 atom stereocenters. The van der Waals surface area contributed by atoms with Crippen LogP contribution >= 0.6 is 27.3 Å². The molecule has 5 nitrogen and oxygen atoms in total. The number of aryl methyl sites for hydroxylation is 1. The maximum absolute atomic E-state index is 12.5. The van der Waals surface area contributed by atoms with Gasteiger partial charge in [0.25, 0.3) is 10.0 Å². The first kappa shape index (κ1) is 15.2. The Hall–Kier alpha value is -0.700. The highest BCUT2D eigenvalue weighted by atomic mass is 79.9. The number of aromatic nitrogens is 2. The molecule has 3 rings (SSSR count). The van der Waals surface area contributed by atoms with E-state index in [0.717, 1.165) is 29.0 Å². The maximum atomic E-state index is 12.5. The molecule has 0 amide bonds. The van der Waals surface area contributed by atoms with Crippen LogP contribution in [0, 0.1) is 5.92 Å². The second-order valence-electron chi connectivity index (χ2n) is 5.24. The zero-order valence-corrected chi connectivity index (χ0v) is 14.8. The molecule has 0 aromatic carbocycles. The zero-order chi connectivity index (χ0) is 15.0. The van der Waals surface area contributed by atoms with Crippen molar-refractivity contribution in [3.8, 4) is 0 Å². The summed E-state index contributed by atoms with van der Waals surface area (Å²) in [4.78, 5) is 4.30. The fourth-order valence-electron chi connectivity index (χ4n) is 2.64. The lowest BCUT2D eigenvalue weighted by atomic mass is 10.00. The van der Waals surface area contributed by atoms with Crippen molar-refractivity contribution in [2.24, 2.45) is 5.92 Å². The van der Waals surface area contributed by atoms with Crippen LogP contribution in [-0.4, -0.2) is 35.9 Å². The largest absolute Gasteiger partial charge is 0.335 e. The number of hydrogen-bond acceptors (Lipinski definition) is 4. The second-order valence-corrected chi connectivity index (χ2v) is 9.98. The van der Waals surface area contributed by atoms with Gasteiger partial charge in [-0.25, -0.2) is 13.4 Å². The van der Waals surface area contributed by atoms with Crippen molar-refractivity contribution in [3.05, 3.63) is 34.1 Å². The summed E-state index contributed by atoms with van der Waals surface area (Å²) in [6, 6.07) is 3.42. The minimum atomic E-state index is -3.38. The first-order valence-corrected chi connectivity index (χ1v) is 9.73. The van der Waals surface area contributed by atoms with E-state index in [4.69, 9.17) is 0 Å². The monoisotopic (exact) mass is 389 g/mol. The van der Waals surface area contributed by atoms with Crippen LogP contribution in [0.4, 0.5) is 0 Å². The molecule has 0 radical (unpaired) electrons. The smallest absolute Gasteiger partial charge is 0.252 e. The third-order valence-corrected chi connectivity index (χ3v) is 7.68. The fourth-order valence-corrected chi connectivity index (χ4v) is 6.11. The zero-order valence-electron chi connectivity index (χ0n) is 11.6. The molecule has 8 heteroatoms. The van der Waals surface area contributed by atoms with Gasteiger partial charge in [-0.3, -0.25) is 0 Å². The van der Waals surface area contributed by atoms with Gasteiger partial charge in [-0.1, -0.05) is 0 Å². The number of fused-ring (bicyclic) bond motifs is 1. The molecule has 0 bridgehead atoms. The van der Waals surface area contributed by atoms with E-state index in [1.165, 1.54) is 15.6 Å². The lowest BCUT2D eigenvalue weighted by Crippen LogP contribution is -2.35. The second kappa shape index (κ2) is 5.83. The highest BCUT2D eigenvalue weighted by molar-refractivity contribution is 9.11. The van der Waals surface area contributed by atoms with Crippen LogP contribution in [0.5, 0.6) is 0 Å². The lowest BCUT2D eigenvalue weighted by molar-refractivity contribution is 0.303. The van der Waals surface area contributed by atoms with Gasteiger partial charge in [-0.2, -0.15) is 4.31 Å². The quantitative estimate of drug-likeness (QED) is 0.807. The van der Waals surface area contributed by atoms with Gasteiger partial charge in [0.1, 0.15) is 10.0 Å². The van der Waals surface area contributed by atoms with Crippen molar-refractivity contribution in [2.45, 2.75) is 23.6 Å². The van der Waals surface area contributed by atoms with Crippen LogP contribution in [-0.2, 0) is 23.0 Å². The predicted molar refractivity (Wildman–Crippen MR) is 85.9 cm³/mol. The van der Waals surface area contributed by atoms with Crippen LogP contribution in [0.25, 0.3) is 0 Å². The van der Waals surface area contributed by atoms with E-state index in [9.17, 15) is 8.42 Å². The van der Waals surface area contributed by atoms with Crippen LogP contribution in [0.1, 0.15) is 12.2 Å². The summed E-state index contributed by atoms with van der Waals surface area (Å²) in [5.41, 5.74) is 0. The fraction of sp³-hybridized carbons (Fsp3) is 0.462. The molecule has 0 fully saturated rings. The van der Waals surface area contributed by atoms with Crippen LogP contribution in [0.2, 0.25) is 0 Å². The van der Waals surface area contributed by atoms with Crippen LogP contribution in [0.15, 0.2) is 32.5 Å². The first-order chi connectivity index (χ1) is 9.96. The molecule has 21 heavy (non-hydrogen) atoms. The van der Waals surface area contributed by atoms with Gasteiger partial charge in [-0.15, -0.1) is 11.3 Å². The molecule has 2 aromatic rings. The molecule has 114 valence electrons. The van der Waals surface area contributed by atoms with E-state index >= 15 is 0 Å². The molecular formula is C13H16BrN3O2S2. The van der Waals surface area contributed by atoms with Crippen LogP contribution < -0.4 is 0 Å². The summed E-state index contributed by atoms with van der Waals surface area (Å²) < 4.78 is 29.8. The van der Waals surface area contributed by atoms with Gasteiger partial charge in [-0.05, 0) is 40.4 Å². The van der Waals surface area contributed by atoms with Gasteiger partial charge in [0.15, 0.2) is 0 Å². The molecule has 0 saturated heterocycles. The van der Waals surface area contributed by atoms with Gasteiger partial charge in [0.2, 0.25) is 0 Å². The highest BCUT2D eigenvalue weighted by Gasteiger charge is 2.27. The third-order valence-electron chi connectivity index (χ3n) is 3.76. The number of halogens is 1. The van der Waals surface area contributed by atoms with Crippen molar-refractivity contribution in [3.63, 3.8) is 0 Å². The van der Waals surface area contributed by atoms with E-state index in [0.29, 0.717) is 16.7 Å². The molecule has 0 N–H and O–H groups in total. The number of hydrogen-bond donors (Lipinski definition) is 0. The molecule has 2 aromatic heterocycles. The number of rotatable bonds is 4. The summed E-state index contributed by atoms with van der Waals surface area (Å²) in [5, 5.41) is 0. The third kappa shape index (κ3) is 3.08. The molecule has 0 saturated carbocycles. The molecule has 0 unspecified atom stereocenters. The SMILES string of the molecule is CN(C[C@H]1CCc2nccn2C1)S(=O)(=O)c1ccc(Br)s1. The summed E-state index contributed by atoms with van der Waals surface area (Å²) in [6.07, 6.45) is 5.66. The summed E-state index contributed by atoms with van der Waals surface area (Å²) >= 11 is 4.56. The molecule has 3 heterocycles. The summed E-state index contributed by atoms with van der Waals surface area (Å²) in [6.45, 7) is 1.37. The Labute approximate surface area is 136 Å². The Bertz CT molecular complexity index is 738. The number of imidazole rings is 1. The molecule has 1 aliphatic rings. The van der Waals surface area contributed by atoms with Gasteiger partial charge in [0.05, 0.1) is 3.79 Å². The lowest BCUT2D eigenvalue weighted by Gasteiger charge is -2.27. The Morgan fingerprint density at radius 1 is 1.52 bits per heavy atom. The Balaban J connectivity index is 1.71. The van der Waals surface area contributed by atoms with Crippen molar-refractivity contribution < 1.29 is 8.42 Å². The Morgan fingerprint density at radius 3 is 3.05 bits per heavy atom. The Kier molecular flexibility index (Phi) is 4.22. The van der Waals surface area contributed by atoms with Crippen LogP contribution in [0.3, 0.4) is 0 Å². The Morgan fingerprint density at radius 2 is 2.33 bits per heavy atom. The van der Waals surface area contributed by atoms with E-state index in [1.807, 2.05) is 6.20 Å². The van der Waals surface area contributed by atoms with Gasteiger partial charge < -0.3 is 4.57 Å². The highest BCUT2D eigenvalue weighted by Crippen LogP contribution is 2.29. The number of thiophene rings is 1. The standard InChI is InChI=1S/C13H16BrN3O2S2/c1-16(21(18,19)13-5-3-11(14)20-13)8-10-2-4-12-15-6-7-17(12)9-10/h3,5-7,10H,2,4,8-9H2,1H3/t10-/m1/s1. The molecule has 0 aliphatic carbocycles. The van der Waals surface area contributed by atoms with Gasteiger partial charge >= 0.3 is 0 Å². The van der Waals surface area contributed by atoms with Crippen molar-refractivity contribution in [2.75, 3.05) is 13.6 Å². The average Bonchev–Trinajstić information content (AvgIpc) is 3.06. The minimum Gasteiger partial charge on any atom is -0.335 e. The normalized spacial score (nSPS) is 18.9. The molecule has 1 aliphatic heterocycles. The number of nitrogens with zero attached hydrogens (tertiary/aromatic N) is 3.